The SMILES string of the molecule is COCCn1c(=O)oc2ccc(-c3ccc(C[C@H](NC(=O)C4CCCCN4C(=O)O)C(N)=O)cc3)cc21. The number of benzene rings is 2. The summed E-state index contributed by atoms with van der Waals surface area (Å²) in [4.78, 5) is 49.7. The van der Waals surface area contributed by atoms with Gasteiger partial charge in [-0.1, -0.05) is 30.3 Å². The fraction of sp³-hybridized carbons (Fsp3) is 0.385. The van der Waals surface area contributed by atoms with E-state index >= 15 is 0 Å². The number of hydrogen-bond donors (Lipinski definition) is 3. The molecular formula is C26H30N4O7. The van der Waals surface area contributed by atoms with Crippen LogP contribution < -0.4 is 16.8 Å². The Morgan fingerprint density at radius 2 is 1.89 bits per heavy atom. The molecule has 1 fully saturated rings. The van der Waals surface area contributed by atoms with Gasteiger partial charge in [-0.05, 0) is 48.1 Å². The molecule has 3 amide bonds. The lowest BCUT2D eigenvalue weighted by molar-refractivity contribution is -0.131. The van der Waals surface area contributed by atoms with Gasteiger partial charge in [0.1, 0.15) is 12.1 Å². The molecule has 3 aromatic rings. The summed E-state index contributed by atoms with van der Waals surface area (Å²) in [5.41, 5.74) is 9.23. The van der Waals surface area contributed by atoms with Gasteiger partial charge in [-0.15, -0.1) is 0 Å². The summed E-state index contributed by atoms with van der Waals surface area (Å²) < 4.78 is 11.9. The summed E-state index contributed by atoms with van der Waals surface area (Å²) in [6.07, 6.45) is 0.838. The maximum absolute atomic E-state index is 12.8. The van der Waals surface area contributed by atoms with Crippen molar-refractivity contribution >= 4 is 29.0 Å². The van der Waals surface area contributed by atoms with Crippen LogP contribution in [0.4, 0.5) is 4.79 Å². The number of hydrogen-bond acceptors (Lipinski definition) is 6. The Bertz CT molecular complexity index is 1350. The molecular weight excluding hydrogens is 480 g/mol. The van der Waals surface area contributed by atoms with Crippen molar-refractivity contribution in [3.63, 3.8) is 0 Å². The molecule has 1 unspecified atom stereocenters. The molecule has 0 aliphatic carbocycles. The average molecular weight is 511 g/mol. The predicted molar refractivity (Wildman–Crippen MR) is 135 cm³/mol. The highest BCUT2D eigenvalue weighted by molar-refractivity contribution is 5.91. The number of amides is 3. The first-order chi connectivity index (χ1) is 17.8. The quantitative estimate of drug-likeness (QED) is 0.397. The Hall–Kier alpha value is -4.12. The van der Waals surface area contributed by atoms with Crippen LogP contribution in [0.25, 0.3) is 22.2 Å². The van der Waals surface area contributed by atoms with Crippen LogP contribution in [-0.4, -0.2) is 64.8 Å². The molecule has 4 rings (SSSR count). The maximum Gasteiger partial charge on any atom is 0.420 e. The van der Waals surface area contributed by atoms with Crippen LogP contribution in [0.15, 0.2) is 51.7 Å². The highest BCUT2D eigenvalue weighted by Crippen LogP contribution is 2.25. The second kappa shape index (κ2) is 11.3. The highest BCUT2D eigenvalue weighted by Gasteiger charge is 2.33. The van der Waals surface area contributed by atoms with Crippen LogP contribution in [0, 0.1) is 0 Å². The number of carbonyl (C=O) groups is 3. The van der Waals surface area contributed by atoms with E-state index in [9.17, 15) is 24.3 Å². The van der Waals surface area contributed by atoms with Gasteiger partial charge in [-0.25, -0.2) is 9.59 Å². The lowest BCUT2D eigenvalue weighted by Gasteiger charge is -2.33. The molecule has 196 valence electrons. The third-order valence-corrected chi connectivity index (χ3v) is 6.62. The van der Waals surface area contributed by atoms with Crippen LogP contribution >= 0.6 is 0 Å². The molecule has 1 saturated heterocycles. The number of ether oxygens (including phenoxy) is 1. The average Bonchev–Trinajstić information content (AvgIpc) is 3.21. The van der Waals surface area contributed by atoms with Crippen LogP contribution in [0.2, 0.25) is 0 Å². The van der Waals surface area contributed by atoms with Crippen molar-refractivity contribution in [3.8, 4) is 11.1 Å². The molecule has 11 nitrogen and oxygen atoms in total. The fourth-order valence-electron chi connectivity index (χ4n) is 4.63. The molecule has 37 heavy (non-hydrogen) atoms. The summed E-state index contributed by atoms with van der Waals surface area (Å²) in [5.74, 6) is -1.66. The normalized spacial score (nSPS) is 16.5. The molecule has 0 spiro atoms. The zero-order valence-electron chi connectivity index (χ0n) is 20.5. The minimum atomic E-state index is -1.16. The standard InChI is InChI=1S/C26H30N4O7/c1-36-13-12-30-21-15-18(9-10-22(21)37-26(30)35)17-7-5-16(6-8-17)14-19(23(27)31)28-24(32)20-4-2-3-11-29(20)25(33)34/h5-10,15,19-20H,2-4,11-14H2,1H3,(H2,27,31)(H,28,32)(H,33,34)/t19-,20?/m0/s1. The Kier molecular flexibility index (Phi) is 7.92. The minimum absolute atomic E-state index is 0.165. The molecule has 2 heterocycles. The number of likely N-dealkylation sites (tertiary alicyclic amines) is 1. The van der Waals surface area contributed by atoms with Crippen LogP contribution in [0.1, 0.15) is 24.8 Å². The van der Waals surface area contributed by atoms with Gasteiger partial charge >= 0.3 is 11.8 Å². The number of carboxylic acid groups (broad SMARTS) is 1. The predicted octanol–water partition coefficient (Wildman–Crippen LogP) is 1.95. The molecule has 11 heteroatoms. The van der Waals surface area contributed by atoms with Crippen molar-refractivity contribution in [1.82, 2.24) is 14.8 Å². The van der Waals surface area contributed by atoms with E-state index in [2.05, 4.69) is 5.32 Å². The lowest BCUT2D eigenvalue weighted by atomic mass is 9.98. The third kappa shape index (κ3) is 5.83. The summed E-state index contributed by atoms with van der Waals surface area (Å²) in [6.45, 7) is 1.03. The zero-order valence-corrected chi connectivity index (χ0v) is 20.5. The molecule has 4 N–H and O–H groups in total. The number of carbonyl (C=O) groups excluding carboxylic acids is 2. The molecule has 0 bridgehead atoms. The largest absolute Gasteiger partial charge is 0.465 e. The van der Waals surface area contributed by atoms with Crippen molar-refractivity contribution in [2.45, 2.75) is 44.3 Å². The van der Waals surface area contributed by atoms with E-state index < -0.39 is 35.7 Å². The van der Waals surface area contributed by atoms with Gasteiger partial charge in [-0.3, -0.25) is 19.1 Å². The van der Waals surface area contributed by atoms with Crippen molar-refractivity contribution in [1.29, 1.82) is 0 Å². The molecule has 0 saturated carbocycles. The van der Waals surface area contributed by atoms with E-state index in [4.69, 9.17) is 14.9 Å². The molecule has 2 aromatic carbocycles. The van der Waals surface area contributed by atoms with Gasteiger partial charge in [0, 0.05) is 20.1 Å². The number of nitrogens with zero attached hydrogens (tertiary/aromatic N) is 2. The van der Waals surface area contributed by atoms with Crippen molar-refractivity contribution < 1.29 is 28.6 Å². The topological polar surface area (TPSA) is 157 Å². The fourth-order valence-corrected chi connectivity index (χ4v) is 4.63. The van der Waals surface area contributed by atoms with Crippen molar-refractivity contribution in [2.75, 3.05) is 20.3 Å². The lowest BCUT2D eigenvalue weighted by Crippen LogP contribution is -2.56. The van der Waals surface area contributed by atoms with E-state index in [1.165, 1.54) is 4.57 Å². The molecule has 0 radical (unpaired) electrons. The van der Waals surface area contributed by atoms with Gasteiger partial charge < -0.3 is 25.3 Å². The molecule has 1 aliphatic heterocycles. The van der Waals surface area contributed by atoms with Gasteiger partial charge in [0.15, 0.2) is 5.58 Å². The number of methoxy groups -OCH3 is 1. The monoisotopic (exact) mass is 510 g/mol. The number of aromatic nitrogens is 1. The van der Waals surface area contributed by atoms with E-state index in [0.717, 1.165) is 28.0 Å². The Labute approximate surface area is 212 Å². The third-order valence-electron chi connectivity index (χ3n) is 6.62. The summed E-state index contributed by atoms with van der Waals surface area (Å²) in [7, 11) is 1.56. The van der Waals surface area contributed by atoms with Crippen LogP contribution in [0.3, 0.4) is 0 Å². The first-order valence-electron chi connectivity index (χ1n) is 12.1. The van der Waals surface area contributed by atoms with E-state index in [0.29, 0.717) is 37.1 Å². The van der Waals surface area contributed by atoms with E-state index in [-0.39, 0.29) is 13.0 Å². The van der Waals surface area contributed by atoms with Gasteiger partial charge in [-0.2, -0.15) is 0 Å². The van der Waals surface area contributed by atoms with E-state index in [1.54, 1.807) is 13.2 Å². The maximum atomic E-state index is 12.8. The minimum Gasteiger partial charge on any atom is -0.465 e. The number of primary amides is 1. The van der Waals surface area contributed by atoms with E-state index in [1.807, 2.05) is 36.4 Å². The van der Waals surface area contributed by atoms with Gasteiger partial charge in [0.25, 0.3) is 0 Å². The molecule has 1 aliphatic rings. The smallest absolute Gasteiger partial charge is 0.420 e. The Morgan fingerprint density at radius 1 is 1.16 bits per heavy atom. The summed E-state index contributed by atoms with van der Waals surface area (Å²) in [6, 6.07) is 11.1. The second-order valence-corrected chi connectivity index (χ2v) is 9.05. The highest BCUT2D eigenvalue weighted by atomic mass is 16.5. The zero-order chi connectivity index (χ0) is 26.5. The number of piperidine rings is 1. The van der Waals surface area contributed by atoms with Crippen molar-refractivity contribution in [3.05, 3.63) is 58.6 Å². The molecule has 2 atom stereocenters. The summed E-state index contributed by atoms with van der Waals surface area (Å²) in [5, 5.41) is 12.0. The Balaban J connectivity index is 1.48. The first-order valence-corrected chi connectivity index (χ1v) is 12.1. The number of fused-ring (bicyclic) bond motifs is 1. The van der Waals surface area contributed by atoms with Gasteiger partial charge in [0.05, 0.1) is 18.7 Å². The number of oxazole rings is 1. The summed E-state index contributed by atoms with van der Waals surface area (Å²) >= 11 is 0. The first kappa shape index (κ1) is 26.0. The van der Waals surface area contributed by atoms with Crippen LogP contribution in [0.5, 0.6) is 0 Å². The Morgan fingerprint density at radius 3 is 2.57 bits per heavy atom. The number of rotatable bonds is 9. The van der Waals surface area contributed by atoms with Crippen LogP contribution in [-0.2, 0) is 27.3 Å². The molecule has 1 aromatic heterocycles. The van der Waals surface area contributed by atoms with Crippen molar-refractivity contribution in [2.24, 2.45) is 5.73 Å². The second-order valence-electron chi connectivity index (χ2n) is 9.05. The van der Waals surface area contributed by atoms with Gasteiger partial charge in [0.2, 0.25) is 11.8 Å². The number of nitrogens with two attached hydrogens (primary N) is 1. The number of nitrogens with one attached hydrogen (secondary N) is 1.